The van der Waals surface area contributed by atoms with Gasteiger partial charge in [-0.05, 0) is 13.0 Å². The maximum atomic E-state index is 12.7. The number of hydrogen-bond acceptors (Lipinski definition) is 3. The summed E-state index contributed by atoms with van der Waals surface area (Å²) in [6, 6.07) is 1.00. The number of pyridine rings is 1. The number of hydrogen-bond donors (Lipinski definition) is 2. The van der Waals surface area contributed by atoms with Crippen molar-refractivity contribution in [3.05, 3.63) is 29.8 Å². The van der Waals surface area contributed by atoms with Gasteiger partial charge in [-0.3, -0.25) is 9.78 Å². The van der Waals surface area contributed by atoms with E-state index in [0.717, 1.165) is 12.3 Å². The summed E-state index contributed by atoms with van der Waals surface area (Å²) in [6.45, 7) is 2.12. The molecular weight excluding hydrogens is 185 g/mol. The predicted molar refractivity (Wildman–Crippen MR) is 50.2 cm³/mol. The number of amides is 1. The number of halogens is 1. The van der Waals surface area contributed by atoms with E-state index in [4.69, 9.17) is 5.73 Å². The van der Waals surface area contributed by atoms with E-state index in [-0.39, 0.29) is 17.5 Å². The third-order valence-corrected chi connectivity index (χ3v) is 1.55. The second-order valence-corrected chi connectivity index (χ2v) is 3.08. The van der Waals surface area contributed by atoms with Crippen molar-refractivity contribution >= 4 is 5.91 Å². The van der Waals surface area contributed by atoms with Crippen molar-refractivity contribution in [2.24, 2.45) is 5.73 Å². The molecule has 0 radical (unpaired) electrons. The molecule has 5 heteroatoms. The molecule has 0 bridgehead atoms. The van der Waals surface area contributed by atoms with Gasteiger partial charge in [0.15, 0.2) is 0 Å². The Kier molecular flexibility index (Phi) is 3.53. The normalized spacial score (nSPS) is 12.2. The van der Waals surface area contributed by atoms with Crippen molar-refractivity contribution in [3.8, 4) is 0 Å². The maximum Gasteiger partial charge on any atom is 0.253 e. The van der Waals surface area contributed by atoms with Gasteiger partial charge in [0.2, 0.25) is 0 Å². The van der Waals surface area contributed by atoms with Crippen LogP contribution >= 0.6 is 0 Å². The van der Waals surface area contributed by atoms with Crippen molar-refractivity contribution < 1.29 is 9.18 Å². The van der Waals surface area contributed by atoms with Gasteiger partial charge in [-0.15, -0.1) is 0 Å². The Morgan fingerprint density at radius 2 is 2.43 bits per heavy atom. The number of carbonyl (C=O) groups is 1. The summed E-state index contributed by atoms with van der Waals surface area (Å²) in [5, 5.41) is 2.56. The topological polar surface area (TPSA) is 68.0 Å². The van der Waals surface area contributed by atoms with Crippen LogP contribution in [0.1, 0.15) is 17.3 Å². The zero-order chi connectivity index (χ0) is 10.6. The van der Waals surface area contributed by atoms with E-state index in [1.807, 2.05) is 0 Å². The first-order chi connectivity index (χ1) is 6.59. The highest BCUT2D eigenvalue weighted by Gasteiger charge is 2.06. The van der Waals surface area contributed by atoms with Gasteiger partial charge >= 0.3 is 0 Å². The summed E-state index contributed by atoms with van der Waals surface area (Å²) in [7, 11) is 0. The van der Waals surface area contributed by atoms with Crippen LogP contribution in [0.4, 0.5) is 4.39 Å². The molecule has 0 saturated carbocycles. The summed E-state index contributed by atoms with van der Waals surface area (Å²) in [6.07, 6.45) is 2.35. The van der Waals surface area contributed by atoms with E-state index < -0.39 is 5.82 Å². The molecule has 4 nitrogen and oxygen atoms in total. The number of rotatable bonds is 3. The minimum atomic E-state index is -0.529. The summed E-state index contributed by atoms with van der Waals surface area (Å²) in [5.74, 6) is -0.896. The molecule has 0 fully saturated rings. The van der Waals surface area contributed by atoms with Gasteiger partial charge < -0.3 is 11.1 Å². The average molecular weight is 197 g/mol. The van der Waals surface area contributed by atoms with Crippen LogP contribution < -0.4 is 11.1 Å². The van der Waals surface area contributed by atoms with Gasteiger partial charge in [0.05, 0.1) is 11.8 Å². The zero-order valence-electron chi connectivity index (χ0n) is 7.83. The summed E-state index contributed by atoms with van der Waals surface area (Å²) in [4.78, 5) is 14.9. The number of nitrogens with one attached hydrogen (secondary N) is 1. The van der Waals surface area contributed by atoms with Crippen LogP contribution in [0.25, 0.3) is 0 Å². The average Bonchev–Trinajstić information content (AvgIpc) is 2.14. The van der Waals surface area contributed by atoms with Crippen LogP contribution in [-0.4, -0.2) is 23.5 Å². The van der Waals surface area contributed by atoms with Crippen LogP contribution in [0.5, 0.6) is 0 Å². The molecule has 1 amide bonds. The molecule has 0 spiro atoms. The number of nitrogens with two attached hydrogens (primary N) is 1. The lowest BCUT2D eigenvalue weighted by Crippen LogP contribution is -2.35. The van der Waals surface area contributed by atoms with Crippen molar-refractivity contribution in [3.63, 3.8) is 0 Å². The molecule has 0 saturated heterocycles. The van der Waals surface area contributed by atoms with Gasteiger partial charge in [-0.2, -0.15) is 0 Å². The zero-order valence-corrected chi connectivity index (χ0v) is 7.83. The molecule has 3 N–H and O–H groups in total. The van der Waals surface area contributed by atoms with E-state index in [1.54, 1.807) is 6.92 Å². The minimum Gasteiger partial charge on any atom is -0.350 e. The van der Waals surface area contributed by atoms with Crippen LogP contribution in [0.2, 0.25) is 0 Å². The second kappa shape index (κ2) is 4.66. The molecule has 1 rings (SSSR count). The summed E-state index contributed by atoms with van der Waals surface area (Å²) in [5.41, 5.74) is 5.64. The quantitative estimate of drug-likeness (QED) is 0.732. The van der Waals surface area contributed by atoms with E-state index in [0.29, 0.717) is 6.54 Å². The van der Waals surface area contributed by atoms with Gasteiger partial charge in [-0.25, -0.2) is 4.39 Å². The summed E-state index contributed by atoms with van der Waals surface area (Å²) < 4.78 is 12.7. The second-order valence-electron chi connectivity index (χ2n) is 3.08. The lowest BCUT2D eigenvalue weighted by atomic mass is 10.2. The molecule has 0 aliphatic carbocycles. The smallest absolute Gasteiger partial charge is 0.253 e. The minimum absolute atomic E-state index is 0.125. The first-order valence-corrected chi connectivity index (χ1v) is 4.24. The molecule has 14 heavy (non-hydrogen) atoms. The lowest BCUT2D eigenvalue weighted by molar-refractivity contribution is 0.0951. The van der Waals surface area contributed by atoms with E-state index >= 15 is 0 Å². The molecule has 1 heterocycles. The fourth-order valence-corrected chi connectivity index (χ4v) is 0.892. The third kappa shape index (κ3) is 3.10. The first kappa shape index (κ1) is 10.6. The van der Waals surface area contributed by atoms with Crippen LogP contribution in [-0.2, 0) is 0 Å². The van der Waals surface area contributed by atoms with Gasteiger partial charge in [-0.1, -0.05) is 0 Å². The van der Waals surface area contributed by atoms with Crippen molar-refractivity contribution in [1.29, 1.82) is 0 Å². The van der Waals surface area contributed by atoms with E-state index in [1.165, 1.54) is 6.20 Å². The van der Waals surface area contributed by atoms with Crippen LogP contribution in [0, 0.1) is 5.82 Å². The summed E-state index contributed by atoms with van der Waals surface area (Å²) >= 11 is 0. The third-order valence-electron chi connectivity index (χ3n) is 1.55. The standard InChI is InChI=1S/C9H12FN3O/c1-6(11)3-13-9(14)7-2-8(10)5-12-4-7/h2,4-6H,3,11H2,1H3,(H,13,14). The predicted octanol–water partition coefficient (Wildman–Crippen LogP) is 0.298. The highest BCUT2D eigenvalue weighted by Crippen LogP contribution is 2.00. The Labute approximate surface area is 81.3 Å². The molecule has 0 aliphatic rings. The van der Waals surface area contributed by atoms with Crippen LogP contribution in [0.15, 0.2) is 18.5 Å². The molecule has 1 aromatic rings. The van der Waals surface area contributed by atoms with Gasteiger partial charge in [0.1, 0.15) is 5.82 Å². The molecule has 1 unspecified atom stereocenters. The van der Waals surface area contributed by atoms with Gasteiger partial charge in [0.25, 0.3) is 5.91 Å². The number of aromatic nitrogens is 1. The Hall–Kier alpha value is -1.49. The molecule has 76 valence electrons. The Morgan fingerprint density at radius 3 is 3.00 bits per heavy atom. The largest absolute Gasteiger partial charge is 0.350 e. The highest BCUT2D eigenvalue weighted by molar-refractivity contribution is 5.93. The van der Waals surface area contributed by atoms with Crippen LogP contribution in [0.3, 0.4) is 0 Å². The number of carbonyl (C=O) groups excluding carboxylic acids is 1. The monoisotopic (exact) mass is 197 g/mol. The fraction of sp³-hybridized carbons (Fsp3) is 0.333. The first-order valence-electron chi connectivity index (χ1n) is 4.24. The van der Waals surface area contributed by atoms with Crippen molar-refractivity contribution in [2.75, 3.05) is 6.54 Å². The Balaban J connectivity index is 2.61. The lowest BCUT2D eigenvalue weighted by Gasteiger charge is -2.06. The molecule has 1 atom stereocenters. The highest BCUT2D eigenvalue weighted by atomic mass is 19.1. The van der Waals surface area contributed by atoms with Gasteiger partial charge in [0, 0.05) is 18.8 Å². The molecule has 1 aromatic heterocycles. The maximum absolute atomic E-state index is 12.7. The molecule has 0 aromatic carbocycles. The SMILES string of the molecule is CC(N)CNC(=O)c1cncc(F)c1. The Bertz CT molecular complexity index is 328. The Morgan fingerprint density at radius 1 is 1.71 bits per heavy atom. The van der Waals surface area contributed by atoms with E-state index in [2.05, 4.69) is 10.3 Å². The van der Waals surface area contributed by atoms with E-state index in [9.17, 15) is 9.18 Å². The van der Waals surface area contributed by atoms with Crippen molar-refractivity contribution in [1.82, 2.24) is 10.3 Å². The molecule has 0 aliphatic heterocycles. The fourth-order valence-electron chi connectivity index (χ4n) is 0.892. The molecular formula is C9H12FN3O. The van der Waals surface area contributed by atoms with Crippen molar-refractivity contribution in [2.45, 2.75) is 13.0 Å². The number of nitrogens with zero attached hydrogens (tertiary/aromatic N) is 1.